The molecule has 18 heavy (non-hydrogen) atoms. The summed E-state index contributed by atoms with van der Waals surface area (Å²) in [5.41, 5.74) is 1.89. The predicted molar refractivity (Wildman–Crippen MR) is 70.1 cm³/mol. The highest BCUT2D eigenvalue weighted by atomic mass is 32.1. The third-order valence-corrected chi connectivity index (χ3v) is 3.37. The molecule has 0 aliphatic heterocycles. The average Bonchev–Trinajstić information content (AvgIpc) is 2.85. The zero-order valence-corrected chi connectivity index (χ0v) is 10.7. The summed E-state index contributed by atoms with van der Waals surface area (Å²) in [7, 11) is 1.63. The van der Waals surface area contributed by atoms with Gasteiger partial charge >= 0.3 is 5.97 Å². The fraction of sp³-hybridized carbons (Fsp3) is 0.231. The standard InChI is InChI=1S/C13H13NO3S/c1-17-10-4-2-9(3-5-10)12-8-11(18-14-12)6-7-13(15)16/h2-5,8H,6-7H2,1H3,(H,15,16). The van der Waals surface area contributed by atoms with Crippen molar-refractivity contribution in [3.63, 3.8) is 0 Å². The van der Waals surface area contributed by atoms with Crippen LogP contribution < -0.4 is 4.74 Å². The molecule has 0 amide bonds. The smallest absolute Gasteiger partial charge is 0.303 e. The average molecular weight is 263 g/mol. The molecule has 0 fully saturated rings. The first-order chi connectivity index (χ1) is 8.69. The van der Waals surface area contributed by atoms with Gasteiger partial charge in [0.15, 0.2) is 0 Å². The fourth-order valence-electron chi connectivity index (χ4n) is 1.56. The van der Waals surface area contributed by atoms with Gasteiger partial charge in [0, 0.05) is 10.4 Å². The maximum absolute atomic E-state index is 10.5. The van der Waals surface area contributed by atoms with Crippen molar-refractivity contribution in [3.05, 3.63) is 35.2 Å². The number of carboxylic acids is 1. The minimum Gasteiger partial charge on any atom is -0.497 e. The summed E-state index contributed by atoms with van der Waals surface area (Å²) in [4.78, 5) is 11.5. The molecule has 0 radical (unpaired) electrons. The molecule has 94 valence electrons. The predicted octanol–water partition coefficient (Wildman–Crippen LogP) is 2.84. The third kappa shape index (κ3) is 3.07. The van der Waals surface area contributed by atoms with Crippen molar-refractivity contribution in [1.29, 1.82) is 0 Å². The Labute approximate surface area is 109 Å². The Morgan fingerprint density at radius 3 is 2.72 bits per heavy atom. The summed E-state index contributed by atoms with van der Waals surface area (Å²) in [5, 5.41) is 8.63. The number of carboxylic acid groups (broad SMARTS) is 1. The summed E-state index contributed by atoms with van der Waals surface area (Å²) in [5.74, 6) is 0.0227. The normalized spacial score (nSPS) is 10.3. The number of rotatable bonds is 5. The van der Waals surface area contributed by atoms with Crippen molar-refractivity contribution in [2.75, 3.05) is 7.11 Å². The molecule has 0 saturated carbocycles. The Morgan fingerprint density at radius 2 is 2.11 bits per heavy atom. The van der Waals surface area contributed by atoms with Gasteiger partial charge in [-0.15, -0.1) is 0 Å². The Morgan fingerprint density at radius 1 is 1.39 bits per heavy atom. The van der Waals surface area contributed by atoms with E-state index in [1.165, 1.54) is 11.5 Å². The number of methoxy groups -OCH3 is 1. The van der Waals surface area contributed by atoms with Gasteiger partial charge in [-0.05, 0) is 48.3 Å². The number of aliphatic carboxylic acids is 1. The van der Waals surface area contributed by atoms with E-state index in [0.29, 0.717) is 6.42 Å². The molecule has 1 heterocycles. The van der Waals surface area contributed by atoms with Gasteiger partial charge < -0.3 is 9.84 Å². The molecule has 0 unspecified atom stereocenters. The lowest BCUT2D eigenvalue weighted by Gasteiger charge is -2.00. The van der Waals surface area contributed by atoms with Gasteiger partial charge in [-0.25, -0.2) is 0 Å². The summed E-state index contributed by atoms with van der Waals surface area (Å²) in [6.07, 6.45) is 0.674. The summed E-state index contributed by atoms with van der Waals surface area (Å²) in [6, 6.07) is 9.58. The lowest BCUT2D eigenvalue weighted by Crippen LogP contribution is -1.95. The molecular formula is C13H13NO3S. The minimum atomic E-state index is -0.783. The highest BCUT2D eigenvalue weighted by Gasteiger charge is 2.06. The SMILES string of the molecule is COc1ccc(-c2cc(CCC(=O)O)sn2)cc1. The van der Waals surface area contributed by atoms with Crippen LogP contribution in [0.2, 0.25) is 0 Å². The van der Waals surface area contributed by atoms with Gasteiger partial charge in [0.2, 0.25) is 0 Å². The van der Waals surface area contributed by atoms with Crippen molar-refractivity contribution >= 4 is 17.5 Å². The molecule has 1 aromatic heterocycles. The molecule has 4 nitrogen and oxygen atoms in total. The Balaban J connectivity index is 2.10. The molecule has 1 N–H and O–H groups in total. The van der Waals surface area contributed by atoms with Crippen LogP contribution in [-0.4, -0.2) is 22.6 Å². The second-order valence-electron chi connectivity index (χ2n) is 3.80. The van der Waals surface area contributed by atoms with Crippen LogP contribution in [0.25, 0.3) is 11.3 Å². The zero-order chi connectivity index (χ0) is 13.0. The van der Waals surface area contributed by atoms with E-state index in [0.717, 1.165) is 21.9 Å². The number of aromatic nitrogens is 1. The second-order valence-corrected chi connectivity index (χ2v) is 4.69. The monoisotopic (exact) mass is 263 g/mol. The number of benzene rings is 1. The highest BCUT2D eigenvalue weighted by molar-refractivity contribution is 7.06. The lowest BCUT2D eigenvalue weighted by atomic mass is 10.1. The number of hydrogen-bond donors (Lipinski definition) is 1. The fourth-order valence-corrected chi connectivity index (χ4v) is 2.29. The van der Waals surface area contributed by atoms with Crippen LogP contribution in [0.5, 0.6) is 5.75 Å². The van der Waals surface area contributed by atoms with Crippen LogP contribution in [0.1, 0.15) is 11.3 Å². The van der Waals surface area contributed by atoms with Crippen LogP contribution in [0, 0.1) is 0 Å². The van der Waals surface area contributed by atoms with Gasteiger partial charge in [0.1, 0.15) is 5.75 Å². The van der Waals surface area contributed by atoms with E-state index in [2.05, 4.69) is 4.37 Å². The number of nitrogens with zero attached hydrogens (tertiary/aromatic N) is 1. The molecule has 0 bridgehead atoms. The van der Waals surface area contributed by atoms with Crippen LogP contribution in [0.4, 0.5) is 0 Å². The van der Waals surface area contributed by atoms with Crippen molar-refractivity contribution in [2.24, 2.45) is 0 Å². The van der Waals surface area contributed by atoms with Crippen molar-refractivity contribution in [3.8, 4) is 17.0 Å². The highest BCUT2D eigenvalue weighted by Crippen LogP contribution is 2.24. The first-order valence-electron chi connectivity index (χ1n) is 5.51. The Kier molecular flexibility index (Phi) is 3.94. The van der Waals surface area contributed by atoms with Gasteiger partial charge in [-0.1, -0.05) is 0 Å². The van der Waals surface area contributed by atoms with E-state index in [1.807, 2.05) is 30.3 Å². The molecule has 0 saturated heterocycles. The Hall–Kier alpha value is -1.88. The molecule has 2 rings (SSSR count). The molecular weight excluding hydrogens is 250 g/mol. The van der Waals surface area contributed by atoms with E-state index in [-0.39, 0.29) is 6.42 Å². The van der Waals surface area contributed by atoms with Gasteiger partial charge in [-0.3, -0.25) is 4.79 Å². The van der Waals surface area contributed by atoms with Crippen LogP contribution in [0.15, 0.2) is 30.3 Å². The van der Waals surface area contributed by atoms with Crippen molar-refractivity contribution in [1.82, 2.24) is 4.37 Å². The van der Waals surface area contributed by atoms with Gasteiger partial charge in [0.05, 0.1) is 19.2 Å². The number of aryl methyl sites for hydroxylation is 1. The largest absolute Gasteiger partial charge is 0.497 e. The van der Waals surface area contributed by atoms with Crippen LogP contribution in [0.3, 0.4) is 0 Å². The molecule has 5 heteroatoms. The molecule has 0 aliphatic rings. The summed E-state index contributed by atoms with van der Waals surface area (Å²) >= 11 is 1.35. The maximum atomic E-state index is 10.5. The van der Waals surface area contributed by atoms with E-state index >= 15 is 0 Å². The van der Waals surface area contributed by atoms with E-state index < -0.39 is 5.97 Å². The topological polar surface area (TPSA) is 59.4 Å². The number of hydrogen-bond acceptors (Lipinski definition) is 4. The number of carbonyl (C=O) groups is 1. The molecule has 1 aromatic carbocycles. The molecule has 0 aliphatic carbocycles. The minimum absolute atomic E-state index is 0.143. The van der Waals surface area contributed by atoms with E-state index in [9.17, 15) is 4.79 Å². The van der Waals surface area contributed by atoms with Crippen molar-refractivity contribution < 1.29 is 14.6 Å². The quantitative estimate of drug-likeness (QED) is 0.901. The zero-order valence-electron chi connectivity index (χ0n) is 9.92. The molecule has 2 aromatic rings. The lowest BCUT2D eigenvalue weighted by molar-refractivity contribution is -0.136. The van der Waals surface area contributed by atoms with Gasteiger partial charge in [0.25, 0.3) is 0 Å². The maximum Gasteiger partial charge on any atom is 0.303 e. The van der Waals surface area contributed by atoms with Crippen molar-refractivity contribution in [2.45, 2.75) is 12.8 Å². The summed E-state index contributed by atoms with van der Waals surface area (Å²) < 4.78 is 9.42. The van der Waals surface area contributed by atoms with Crippen LogP contribution >= 0.6 is 11.5 Å². The first-order valence-corrected chi connectivity index (χ1v) is 6.28. The van der Waals surface area contributed by atoms with Gasteiger partial charge in [-0.2, -0.15) is 4.37 Å². The summed E-state index contributed by atoms with van der Waals surface area (Å²) in [6.45, 7) is 0. The van der Waals surface area contributed by atoms with E-state index in [4.69, 9.17) is 9.84 Å². The molecule has 0 spiro atoms. The van der Waals surface area contributed by atoms with Crippen LogP contribution in [-0.2, 0) is 11.2 Å². The third-order valence-electron chi connectivity index (χ3n) is 2.53. The second kappa shape index (κ2) is 5.64. The molecule has 0 atom stereocenters. The number of ether oxygens (including phenoxy) is 1. The van der Waals surface area contributed by atoms with E-state index in [1.54, 1.807) is 7.11 Å². The Bertz CT molecular complexity index is 533. The first kappa shape index (κ1) is 12.6.